The summed E-state index contributed by atoms with van der Waals surface area (Å²) in [5.41, 5.74) is 1.14. The van der Waals surface area contributed by atoms with Crippen LogP contribution in [0.4, 0.5) is 0 Å². The molecule has 0 fully saturated rings. The van der Waals surface area contributed by atoms with Gasteiger partial charge in [0.05, 0.1) is 19.3 Å². The molecule has 0 saturated carbocycles. The third-order valence-corrected chi connectivity index (χ3v) is 1.73. The summed E-state index contributed by atoms with van der Waals surface area (Å²) < 4.78 is 4.91. The summed E-state index contributed by atoms with van der Waals surface area (Å²) in [6, 6.07) is 0.0262. The maximum atomic E-state index is 8.87. The maximum absolute atomic E-state index is 8.87. The standard InChI is InChI=1S/C9H19NO2/c1-4-8(2)5-10-9(6-11)7-12-3/h9-11H,2,4-7H2,1,3H3. The quantitative estimate of drug-likeness (QED) is 0.552. The van der Waals surface area contributed by atoms with Gasteiger partial charge in [-0.3, -0.25) is 0 Å². The molecule has 1 unspecified atom stereocenters. The van der Waals surface area contributed by atoms with Crippen LogP contribution >= 0.6 is 0 Å². The molecule has 0 spiro atoms. The zero-order valence-corrected chi connectivity index (χ0v) is 7.97. The molecule has 0 aliphatic rings. The molecule has 0 aromatic carbocycles. The van der Waals surface area contributed by atoms with Gasteiger partial charge in [0.2, 0.25) is 0 Å². The SMILES string of the molecule is C=C(CC)CNC(CO)COC. The minimum atomic E-state index is 0.0262. The second kappa shape index (κ2) is 7.28. The average Bonchev–Trinajstić information content (AvgIpc) is 2.11. The Morgan fingerprint density at radius 1 is 1.67 bits per heavy atom. The second-order valence-corrected chi connectivity index (χ2v) is 2.82. The maximum Gasteiger partial charge on any atom is 0.0638 e. The van der Waals surface area contributed by atoms with Crippen molar-refractivity contribution in [1.82, 2.24) is 5.32 Å². The molecule has 2 N–H and O–H groups in total. The van der Waals surface area contributed by atoms with Crippen molar-refractivity contribution >= 4 is 0 Å². The van der Waals surface area contributed by atoms with Crippen molar-refractivity contribution in [3.63, 3.8) is 0 Å². The smallest absolute Gasteiger partial charge is 0.0638 e. The van der Waals surface area contributed by atoms with E-state index in [-0.39, 0.29) is 12.6 Å². The van der Waals surface area contributed by atoms with Crippen molar-refractivity contribution in [1.29, 1.82) is 0 Å². The Bertz CT molecular complexity index is 126. The monoisotopic (exact) mass is 173 g/mol. The zero-order chi connectivity index (χ0) is 9.40. The summed E-state index contributed by atoms with van der Waals surface area (Å²) in [5.74, 6) is 0. The molecule has 0 radical (unpaired) electrons. The molecule has 0 rings (SSSR count). The lowest BCUT2D eigenvalue weighted by Crippen LogP contribution is -2.37. The van der Waals surface area contributed by atoms with E-state index in [9.17, 15) is 0 Å². The van der Waals surface area contributed by atoms with Gasteiger partial charge in [0.15, 0.2) is 0 Å². The highest BCUT2D eigenvalue weighted by molar-refractivity contribution is 4.95. The van der Waals surface area contributed by atoms with Crippen LogP contribution in [0.2, 0.25) is 0 Å². The average molecular weight is 173 g/mol. The van der Waals surface area contributed by atoms with Gasteiger partial charge in [-0.05, 0) is 6.42 Å². The molecule has 0 amide bonds. The van der Waals surface area contributed by atoms with Crippen LogP contribution < -0.4 is 5.32 Å². The number of ether oxygens (including phenoxy) is 1. The molecule has 72 valence electrons. The molecule has 0 aliphatic carbocycles. The minimum Gasteiger partial charge on any atom is -0.395 e. The van der Waals surface area contributed by atoms with E-state index in [0.29, 0.717) is 6.61 Å². The Hall–Kier alpha value is -0.380. The first-order valence-electron chi connectivity index (χ1n) is 4.24. The van der Waals surface area contributed by atoms with E-state index in [1.54, 1.807) is 7.11 Å². The number of methoxy groups -OCH3 is 1. The summed E-state index contributed by atoms with van der Waals surface area (Å²) in [6.07, 6.45) is 0.970. The van der Waals surface area contributed by atoms with E-state index in [0.717, 1.165) is 18.5 Å². The minimum absolute atomic E-state index is 0.0262. The van der Waals surface area contributed by atoms with Crippen LogP contribution in [0.1, 0.15) is 13.3 Å². The largest absolute Gasteiger partial charge is 0.395 e. The van der Waals surface area contributed by atoms with Crippen LogP contribution in [0.25, 0.3) is 0 Å². The fourth-order valence-corrected chi connectivity index (χ4v) is 0.791. The predicted octanol–water partition coefficient (Wildman–Crippen LogP) is 0.549. The van der Waals surface area contributed by atoms with Crippen LogP contribution in [0, 0.1) is 0 Å². The highest BCUT2D eigenvalue weighted by Crippen LogP contribution is 1.94. The molecule has 0 aliphatic heterocycles. The third-order valence-electron chi connectivity index (χ3n) is 1.73. The number of hydrogen-bond donors (Lipinski definition) is 2. The topological polar surface area (TPSA) is 41.5 Å². The van der Waals surface area contributed by atoms with E-state index in [2.05, 4.69) is 18.8 Å². The Kier molecular flexibility index (Phi) is 7.05. The highest BCUT2D eigenvalue weighted by Gasteiger charge is 2.04. The highest BCUT2D eigenvalue weighted by atomic mass is 16.5. The summed E-state index contributed by atoms with van der Waals surface area (Å²) in [7, 11) is 1.62. The van der Waals surface area contributed by atoms with Crippen molar-refractivity contribution in [2.24, 2.45) is 0 Å². The van der Waals surface area contributed by atoms with Gasteiger partial charge in [-0.15, -0.1) is 0 Å². The lowest BCUT2D eigenvalue weighted by molar-refractivity contribution is 0.130. The van der Waals surface area contributed by atoms with Gasteiger partial charge < -0.3 is 15.2 Å². The lowest BCUT2D eigenvalue weighted by atomic mass is 10.2. The second-order valence-electron chi connectivity index (χ2n) is 2.82. The number of nitrogens with one attached hydrogen (secondary N) is 1. The van der Waals surface area contributed by atoms with Crippen LogP contribution in [-0.4, -0.2) is 38.0 Å². The van der Waals surface area contributed by atoms with Crippen LogP contribution in [0.15, 0.2) is 12.2 Å². The molecule has 0 aromatic rings. The summed E-state index contributed by atoms with van der Waals surface area (Å²) in [5, 5.41) is 12.0. The summed E-state index contributed by atoms with van der Waals surface area (Å²) in [4.78, 5) is 0. The van der Waals surface area contributed by atoms with E-state index in [1.165, 1.54) is 0 Å². The Balaban J connectivity index is 3.50. The van der Waals surface area contributed by atoms with Crippen LogP contribution in [-0.2, 0) is 4.74 Å². The Morgan fingerprint density at radius 2 is 2.33 bits per heavy atom. The first kappa shape index (κ1) is 11.6. The van der Waals surface area contributed by atoms with Crippen LogP contribution in [0.3, 0.4) is 0 Å². The fourth-order valence-electron chi connectivity index (χ4n) is 0.791. The number of aliphatic hydroxyl groups excluding tert-OH is 1. The van der Waals surface area contributed by atoms with E-state index < -0.39 is 0 Å². The molecule has 12 heavy (non-hydrogen) atoms. The van der Waals surface area contributed by atoms with Gasteiger partial charge in [0.25, 0.3) is 0 Å². The van der Waals surface area contributed by atoms with Gasteiger partial charge in [-0.2, -0.15) is 0 Å². The van der Waals surface area contributed by atoms with Gasteiger partial charge in [-0.1, -0.05) is 19.1 Å². The molecule has 1 atom stereocenters. The summed E-state index contributed by atoms with van der Waals surface area (Å²) >= 11 is 0. The first-order chi connectivity index (χ1) is 5.74. The Labute approximate surface area is 74.4 Å². The molecule has 3 heteroatoms. The third kappa shape index (κ3) is 5.29. The van der Waals surface area contributed by atoms with E-state index in [4.69, 9.17) is 9.84 Å². The predicted molar refractivity (Wildman–Crippen MR) is 50.2 cm³/mol. The molecular formula is C9H19NO2. The molecule has 3 nitrogen and oxygen atoms in total. The lowest BCUT2D eigenvalue weighted by Gasteiger charge is -2.15. The zero-order valence-electron chi connectivity index (χ0n) is 7.97. The molecule has 0 saturated heterocycles. The normalized spacial score (nSPS) is 12.9. The van der Waals surface area contributed by atoms with E-state index >= 15 is 0 Å². The van der Waals surface area contributed by atoms with Gasteiger partial charge in [0.1, 0.15) is 0 Å². The molecule has 0 aromatic heterocycles. The molecular weight excluding hydrogens is 154 g/mol. The van der Waals surface area contributed by atoms with Gasteiger partial charge in [-0.25, -0.2) is 0 Å². The fraction of sp³-hybridized carbons (Fsp3) is 0.778. The van der Waals surface area contributed by atoms with Crippen molar-refractivity contribution < 1.29 is 9.84 Å². The number of rotatable bonds is 7. The van der Waals surface area contributed by atoms with Crippen molar-refractivity contribution in [2.45, 2.75) is 19.4 Å². The van der Waals surface area contributed by atoms with Crippen molar-refractivity contribution in [3.8, 4) is 0 Å². The number of hydrogen-bond acceptors (Lipinski definition) is 3. The van der Waals surface area contributed by atoms with Crippen molar-refractivity contribution in [2.75, 3.05) is 26.9 Å². The van der Waals surface area contributed by atoms with E-state index in [1.807, 2.05) is 0 Å². The Morgan fingerprint density at radius 3 is 2.75 bits per heavy atom. The molecule has 0 heterocycles. The first-order valence-corrected chi connectivity index (χ1v) is 4.24. The van der Waals surface area contributed by atoms with Gasteiger partial charge >= 0.3 is 0 Å². The van der Waals surface area contributed by atoms with Gasteiger partial charge in [0, 0.05) is 13.7 Å². The van der Waals surface area contributed by atoms with Crippen LogP contribution in [0.5, 0.6) is 0 Å². The molecule has 0 bridgehead atoms. The number of aliphatic hydroxyl groups is 1. The summed E-state index contributed by atoms with van der Waals surface area (Å²) in [6.45, 7) is 7.31. The van der Waals surface area contributed by atoms with Crippen molar-refractivity contribution in [3.05, 3.63) is 12.2 Å².